The second-order valence-corrected chi connectivity index (χ2v) is 6.77. The Labute approximate surface area is 142 Å². The summed E-state index contributed by atoms with van der Waals surface area (Å²) in [5.74, 6) is 0.588. The first-order valence-corrected chi connectivity index (χ1v) is 8.65. The van der Waals surface area contributed by atoms with Crippen LogP contribution in [0.15, 0.2) is 36.4 Å². The molecule has 128 valence electrons. The van der Waals surface area contributed by atoms with Gasteiger partial charge in [0, 0.05) is 25.4 Å². The number of likely N-dealkylation sites (tertiary alicyclic amines) is 1. The summed E-state index contributed by atoms with van der Waals surface area (Å²) in [5.41, 5.74) is 2.51. The van der Waals surface area contributed by atoms with Crippen molar-refractivity contribution in [1.29, 1.82) is 0 Å². The molecular weight excluding hydrogens is 302 g/mol. The van der Waals surface area contributed by atoms with Crippen molar-refractivity contribution in [3.05, 3.63) is 47.8 Å². The Morgan fingerprint density at radius 2 is 1.92 bits per heavy atom. The van der Waals surface area contributed by atoms with Gasteiger partial charge in [-0.3, -0.25) is 4.79 Å². The maximum Gasteiger partial charge on any atom is 0.274 e. The fourth-order valence-corrected chi connectivity index (χ4v) is 3.17. The van der Waals surface area contributed by atoms with Gasteiger partial charge in [-0.05, 0) is 42.9 Å². The monoisotopic (exact) mass is 327 g/mol. The van der Waals surface area contributed by atoms with Crippen LogP contribution < -0.4 is 0 Å². The Bertz CT molecular complexity index is 686. The number of aromatic nitrogens is 2. The van der Waals surface area contributed by atoms with E-state index in [1.807, 2.05) is 46.0 Å². The zero-order valence-corrected chi connectivity index (χ0v) is 14.4. The minimum atomic E-state index is -0.0111. The van der Waals surface area contributed by atoms with Crippen molar-refractivity contribution in [2.75, 3.05) is 19.7 Å². The number of para-hydroxylation sites is 1. The summed E-state index contributed by atoms with van der Waals surface area (Å²) >= 11 is 0. The molecule has 0 saturated carbocycles. The van der Waals surface area contributed by atoms with Crippen LogP contribution in [0, 0.1) is 5.92 Å². The molecule has 1 aliphatic rings. The summed E-state index contributed by atoms with van der Waals surface area (Å²) in [7, 11) is 0. The smallest absolute Gasteiger partial charge is 0.274 e. The van der Waals surface area contributed by atoms with Crippen molar-refractivity contribution in [3.63, 3.8) is 0 Å². The van der Waals surface area contributed by atoms with Gasteiger partial charge in [-0.25, -0.2) is 4.68 Å². The number of piperidine rings is 1. The maximum atomic E-state index is 12.8. The third kappa shape index (κ3) is 3.36. The van der Waals surface area contributed by atoms with Gasteiger partial charge in [0.05, 0.1) is 5.69 Å². The molecule has 1 aliphatic heterocycles. The molecule has 24 heavy (non-hydrogen) atoms. The van der Waals surface area contributed by atoms with E-state index in [1.165, 1.54) is 0 Å². The van der Waals surface area contributed by atoms with Crippen molar-refractivity contribution in [2.24, 2.45) is 5.92 Å². The van der Waals surface area contributed by atoms with Crippen LogP contribution in [-0.4, -0.2) is 45.4 Å². The van der Waals surface area contributed by atoms with Crippen LogP contribution >= 0.6 is 0 Å². The van der Waals surface area contributed by atoms with E-state index in [0.29, 0.717) is 24.7 Å². The molecule has 5 heteroatoms. The first-order chi connectivity index (χ1) is 11.6. The molecule has 0 radical (unpaired) electrons. The van der Waals surface area contributed by atoms with Gasteiger partial charge < -0.3 is 10.0 Å². The van der Waals surface area contributed by atoms with Gasteiger partial charge in [0.2, 0.25) is 0 Å². The van der Waals surface area contributed by atoms with Crippen LogP contribution in [0.25, 0.3) is 5.69 Å². The van der Waals surface area contributed by atoms with Gasteiger partial charge in [-0.15, -0.1) is 0 Å². The Morgan fingerprint density at radius 3 is 2.50 bits per heavy atom. The fraction of sp³-hybridized carbons (Fsp3) is 0.474. The molecule has 2 aromatic rings. The third-order valence-electron chi connectivity index (χ3n) is 4.71. The first kappa shape index (κ1) is 16.7. The Balaban J connectivity index is 1.85. The van der Waals surface area contributed by atoms with Gasteiger partial charge in [-0.2, -0.15) is 5.10 Å². The van der Waals surface area contributed by atoms with Crippen molar-refractivity contribution in [2.45, 2.75) is 32.6 Å². The number of nitrogens with zero attached hydrogens (tertiary/aromatic N) is 3. The lowest BCUT2D eigenvalue weighted by molar-refractivity contribution is 0.0644. The second kappa shape index (κ2) is 7.18. The van der Waals surface area contributed by atoms with Gasteiger partial charge in [0.1, 0.15) is 0 Å². The maximum absolute atomic E-state index is 12.8. The van der Waals surface area contributed by atoms with E-state index in [-0.39, 0.29) is 18.4 Å². The van der Waals surface area contributed by atoms with Crippen LogP contribution in [0.4, 0.5) is 0 Å². The highest BCUT2D eigenvalue weighted by Crippen LogP contribution is 2.23. The van der Waals surface area contributed by atoms with Gasteiger partial charge in [0.15, 0.2) is 5.69 Å². The quantitative estimate of drug-likeness (QED) is 0.939. The molecule has 5 nitrogen and oxygen atoms in total. The molecule has 0 unspecified atom stereocenters. The van der Waals surface area contributed by atoms with Gasteiger partial charge in [0.25, 0.3) is 5.91 Å². The highest BCUT2D eigenvalue weighted by atomic mass is 16.3. The first-order valence-electron chi connectivity index (χ1n) is 8.65. The molecule has 1 amide bonds. The molecular formula is C19H25N3O2. The predicted molar refractivity (Wildman–Crippen MR) is 93.4 cm³/mol. The lowest BCUT2D eigenvalue weighted by Crippen LogP contribution is -2.39. The second-order valence-electron chi connectivity index (χ2n) is 6.77. The number of amides is 1. The molecule has 2 heterocycles. The number of carbonyl (C=O) groups is 1. The largest absolute Gasteiger partial charge is 0.396 e. The highest BCUT2D eigenvalue weighted by Gasteiger charge is 2.26. The normalized spacial score (nSPS) is 15.9. The van der Waals surface area contributed by atoms with Crippen molar-refractivity contribution < 1.29 is 9.90 Å². The van der Waals surface area contributed by atoms with Crippen molar-refractivity contribution in [1.82, 2.24) is 14.7 Å². The van der Waals surface area contributed by atoms with Crippen molar-refractivity contribution in [3.8, 4) is 5.69 Å². The lowest BCUT2D eigenvalue weighted by Gasteiger charge is -2.30. The summed E-state index contributed by atoms with van der Waals surface area (Å²) in [6.07, 6.45) is 1.72. The topological polar surface area (TPSA) is 58.4 Å². The van der Waals surface area contributed by atoms with Crippen molar-refractivity contribution >= 4 is 5.91 Å². The minimum absolute atomic E-state index is 0.0111. The SMILES string of the molecule is CC(C)c1cc(C(=O)N2CCC(CO)CC2)nn1-c1ccccc1. The molecule has 1 aromatic carbocycles. The molecule has 0 atom stereocenters. The summed E-state index contributed by atoms with van der Waals surface area (Å²) in [5, 5.41) is 13.8. The number of rotatable bonds is 4. The van der Waals surface area contributed by atoms with E-state index >= 15 is 0 Å². The van der Waals surface area contributed by atoms with Crippen LogP contribution in [0.3, 0.4) is 0 Å². The third-order valence-corrected chi connectivity index (χ3v) is 4.71. The molecule has 1 fully saturated rings. The van der Waals surface area contributed by atoms with Crippen LogP contribution in [-0.2, 0) is 0 Å². The molecule has 0 spiro atoms. The predicted octanol–water partition coefficient (Wildman–Crippen LogP) is 2.84. The van der Waals surface area contributed by atoms with Crippen LogP contribution in [0.2, 0.25) is 0 Å². The van der Waals surface area contributed by atoms with E-state index in [9.17, 15) is 9.90 Å². The standard InChI is InChI=1S/C19H25N3O2/c1-14(2)18-12-17(20-22(18)16-6-4-3-5-7-16)19(24)21-10-8-15(13-23)9-11-21/h3-7,12,14-15,23H,8-11,13H2,1-2H3. The molecule has 1 N–H and O–H groups in total. The highest BCUT2D eigenvalue weighted by molar-refractivity contribution is 5.92. The van der Waals surface area contributed by atoms with Gasteiger partial charge in [-0.1, -0.05) is 32.0 Å². The number of aliphatic hydroxyl groups excluding tert-OH is 1. The Kier molecular flexibility index (Phi) is 5.00. The number of hydrogen-bond acceptors (Lipinski definition) is 3. The summed E-state index contributed by atoms with van der Waals surface area (Å²) < 4.78 is 1.87. The molecule has 0 aliphatic carbocycles. The number of carbonyl (C=O) groups excluding carboxylic acids is 1. The minimum Gasteiger partial charge on any atom is -0.396 e. The Hall–Kier alpha value is -2.14. The average molecular weight is 327 g/mol. The molecule has 1 saturated heterocycles. The Morgan fingerprint density at radius 1 is 1.25 bits per heavy atom. The van der Waals surface area contributed by atoms with Gasteiger partial charge >= 0.3 is 0 Å². The van der Waals surface area contributed by atoms with Crippen LogP contribution in [0.5, 0.6) is 0 Å². The summed E-state index contributed by atoms with van der Waals surface area (Å²) in [4.78, 5) is 14.7. The fourth-order valence-electron chi connectivity index (χ4n) is 3.17. The number of benzene rings is 1. The van der Waals surface area contributed by atoms with E-state index in [2.05, 4.69) is 18.9 Å². The van der Waals surface area contributed by atoms with Crippen LogP contribution in [0.1, 0.15) is 48.8 Å². The van der Waals surface area contributed by atoms with E-state index in [4.69, 9.17) is 0 Å². The van der Waals surface area contributed by atoms with E-state index < -0.39 is 0 Å². The summed E-state index contributed by atoms with van der Waals surface area (Å²) in [6, 6.07) is 11.8. The van der Waals surface area contributed by atoms with E-state index in [1.54, 1.807) is 0 Å². The lowest BCUT2D eigenvalue weighted by atomic mass is 9.98. The summed E-state index contributed by atoms with van der Waals surface area (Å²) in [6.45, 7) is 5.82. The molecule has 3 rings (SSSR count). The molecule has 1 aromatic heterocycles. The number of hydrogen-bond donors (Lipinski definition) is 1. The number of aliphatic hydroxyl groups is 1. The zero-order chi connectivity index (χ0) is 17.1. The average Bonchev–Trinajstić information content (AvgIpc) is 3.07. The van der Waals surface area contributed by atoms with E-state index in [0.717, 1.165) is 24.2 Å². The zero-order valence-electron chi connectivity index (χ0n) is 14.4. The molecule has 0 bridgehead atoms.